The van der Waals surface area contributed by atoms with E-state index >= 15 is 0 Å². The van der Waals surface area contributed by atoms with Crippen molar-refractivity contribution in [3.05, 3.63) is 40.7 Å². The molecule has 0 aliphatic carbocycles. The molecule has 0 saturated carbocycles. The average molecular weight is 330 g/mol. The molecule has 24 heavy (non-hydrogen) atoms. The first kappa shape index (κ1) is 15.8. The summed E-state index contributed by atoms with van der Waals surface area (Å²) in [6.45, 7) is 0.401. The van der Waals surface area contributed by atoms with Crippen molar-refractivity contribution in [2.24, 2.45) is 5.84 Å². The summed E-state index contributed by atoms with van der Waals surface area (Å²) in [4.78, 5) is 24.2. The van der Waals surface area contributed by atoms with E-state index in [0.717, 1.165) is 5.69 Å². The van der Waals surface area contributed by atoms with Crippen molar-refractivity contribution in [2.45, 2.75) is 13.0 Å². The van der Waals surface area contributed by atoms with Gasteiger partial charge in [0.1, 0.15) is 0 Å². The van der Waals surface area contributed by atoms with Gasteiger partial charge in [-0.2, -0.15) is 0 Å². The van der Waals surface area contributed by atoms with E-state index in [0.29, 0.717) is 35.4 Å². The van der Waals surface area contributed by atoms with Crippen LogP contribution in [0.1, 0.15) is 5.69 Å². The Labute approximate surface area is 137 Å². The van der Waals surface area contributed by atoms with Gasteiger partial charge in [0, 0.05) is 30.9 Å². The van der Waals surface area contributed by atoms with Crippen molar-refractivity contribution < 1.29 is 9.47 Å². The average Bonchev–Trinajstić information content (AvgIpc) is 3.13. The van der Waals surface area contributed by atoms with Gasteiger partial charge in [0.15, 0.2) is 11.5 Å². The van der Waals surface area contributed by atoms with Crippen molar-refractivity contribution in [1.82, 2.24) is 19.5 Å². The molecule has 1 aromatic carbocycles. The number of nitrogen functional groups attached to an aromatic ring is 1. The number of aromatic amines is 1. The van der Waals surface area contributed by atoms with Crippen LogP contribution in [0.5, 0.6) is 11.5 Å². The number of fused-ring (bicyclic) bond motifs is 1. The van der Waals surface area contributed by atoms with Crippen LogP contribution in [-0.4, -0.2) is 33.7 Å². The van der Waals surface area contributed by atoms with Gasteiger partial charge in [0.05, 0.1) is 31.4 Å². The topological polar surface area (TPSA) is 120 Å². The van der Waals surface area contributed by atoms with Crippen LogP contribution in [0.3, 0.4) is 0 Å². The Kier molecular flexibility index (Phi) is 4.34. The van der Waals surface area contributed by atoms with E-state index in [2.05, 4.69) is 20.4 Å². The van der Waals surface area contributed by atoms with Crippen LogP contribution in [0.2, 0.25) is 0 Å². The molecule has 4 N–H and O–H groups in total. The fraction of sp³-hybridized carbons (Fsp3) is 0.267. The Bertz CT molecular complexity index is 904. The van der Waals surface area contributed by atoms with Crippen molar-refractivity contribution in [3.8, 4) is 11.5 Å². The summed E-state index contributed by atoms with van der Waals surface area (Å²) in [5.74, 6) is 6.78. The standard InChI is InChI=1S/C15H18N6O3/c1-23-12-5-10-11(6-13(12)24-2)19-15(20-16)21(14(10)22)4-3-9-7-17-8-18-9/h5-8H,3-4,16H2,1-2H3,(H,17,18)(H,19,20). The van der Waals surface area contributed by atoms with Gasteiger partial charge in [0.25, 0.3) is 5.56 Å². The first-order valence-corrected chi connectivity index (χ1v) is 7.28. The molecule has 0 radical (unpaired) electrons. The Morgan fingerprint density at radius 2 is 2.04 bits per heavy atom. The number of aryl methyl sites for hydroxylation is 1. The zero-order chi connectivity index (χ0) is 17.1. The molecule has 3 aromatic rings. The van der Waals surface area contributed by atoms with Crippen LogP contribution in [0.25, 0.3) is 10.9 Å². The third-order valence-electron chi connectivity index (χ3n) is 3.75. The monoisotopic (exact) mass is 330 g/mol. The van der Waals surface area contributed by atoms with Crippen LogP contribution in [0.15, 0.2) is 29.5 Å². The lowest BCUT2D eigenvalue weighted by Crippen LogP contribution is -2.28. The molecule has 0 saturated heterocycles. The molecule has 2 heterocycles. The number of H-pyrrole nitrogens is 1. The second-order valence-corrected chi connectivity index (χ2v) is 5.09. The molecule has 0 aliphatic rings. The summed E-state index contributed by atoms with van der Waals surface area (Å²) in [5, 5.41) is 0.427. The number of rotatable bonds is 6. The van der Waals surface area contributed by atoms with Gasteiger partial charge in [-0.05, 0) is 6.07 Å². The SMILES string of the molecule is COc1cc2nc(NN)n(CCc3cnc[nH]3)c(=O)c2cc1OC. The number of hydrogen-bond acceptors (Lipinski definition) is 7. The number of nitrogens with two attached hydrogens (primary N) is 1. The maximum Gasteiger partial charge on any atom is 0.262 e. The fourth-order valence-electron chi connectivity index (χ4n) is 2.52. The van der Waals surface area contributed by atoms with Crippen molar-refractivity contribution in [1.29, 1.82) is 0 Å². The number of hydrogen-bond donors (Lipinski definition) is 3. The second-order valence-electron chi connectivity index (χ2n) is 5.09. The third-order valence-corrected chi connectivity index (χ3v) is 3.75. The number of anilines is 1. The van der Waals surface area contributed by atoms with E-state index in [9.17, 15) is 4.79 Å². The van der Waals surface area contributed by atoms with E-state index < -0.39 is 0 Å². The van der Waals surface area contributed by atoms with Crippen LogP contribution in [-0.2, 0) is 13.0 Å². The summed E-state index contributed by atoms with van der Waals surface area (Å²) < 4.78 is 12.0. The number of nitrogens with zero attached hydrogens (tertiary/aromatic N) is 3. The number of nitrogens with one attached hydrogen (secondary N) is 2. The lowest BCUT2D eigenvalue weighted by Gasteiger charge is -2.14. The van der Waals surface area contributed by atoms with Crippen LogP contribution < -0.4 is 26.3 Å². The number of aromatic nitrogens is 4. The molecule has 3 rings (SSSR count). The molecular formula is C15H18N6O3. The van der Waals surface area contributed by atoms with Crippen molar-refractivity contribution >= 4 is 16.9 Å². The van der Waals surface area contributed by atoms with E-state index in [1.807, 2.05) is 0 Å². The molecule has 126 valence electrons. The molecule has 0 fully saturated rings. The molecule has 0 aliphatic heterocycles. The number of benzene rings is 1. The Morgan fingerprint density at radius 1 is 1.29 bits per heavy atom. The summed E-state index contributed by atoms with van der Waals surface area (Å²) in [5.41, 5.74) is 3.65. The molecule has 0 bridgehead atoms. The van der Waals surface area contributed by atoms with Gasteiger partial charge in [-0.1, -0.05) is 0 Å². The molecule has 9 heteroatoms. The zero-order valence-electron chi connectivity index (χ0n) is 13.4. The largest absolute Gasteiger partial charge is 0.493 e. The highest BCUT2D eigenvalue weighted by atomic mass is 16.5. The van der Waals surface area contributed by atoms with E-state index in [1.54, 1.807) is 24.7 Å². The second kappa shape index (κ2) is 6.59. The minimum absolute atomic E-state index is 0.214. The number of hydrazine groups is 1. The maximum absolute atomic E-state index is 12.8. The van der Waals surface area contributed by atoms with E-state index in [1.165, 1.54) is 18.8 Å². The molecule has 9 nitrogen and oxygen atoms in total. The van der Waals surface area contributed by atoms with Gasteiger partial charge in [0.2, 0.25) is 5.95 Å². The van der Waals surface area contributed by atoms with Crippen LogP contribution in [0.4, 0.5) is 5.95 Å². The Balaban J connectivity index is 2.10. The van der Waals surface area contributed by atoms with Crippen LogP contribution >= 0.6 is 0 Å². The highest BCUT2D eigenvalue weighted by molar-refractivity contribution is 5.82. The summed E-state index contributed by atoms with van der Waals surface area (Å²) in [6.07, 6.45) is 3.90. The quantitative estimate of drug-likeness (QED) is 0.448. The Hall–Kier alpha value is -3.07. The summed E-state index contributed by atoms with van der Waals surface area (Å²) in [7, 11) is 3.04. The fourth-order valence-corrected chi connectivity index (χ4v) is 2.52. The number of ether oxygens (including phenoxy) is 2. The van der Waals surface area contributed by atoms with Crippen molar-refractivity contribution in [2.75, 3.05) is 19.6 Å². The predicted molar refractivity (Wildman–Crippen MR) is 89.2 cm³/mol. The van der Waals surface area contributed by atoms with Gasteiger partial charge in [-0.15, -0.1) is 0 Å². The van der Waals surface area contributed by atoms with Crippen LogP contribution in [0, 0.1) is 0 Å². The van der Waals surface area contributed by atoms with Gasteiger partial charge in [-0.3, -0.25) is 14.8 Å². The number of imidazole rings is 1. The summed E-state index contributed by atoms with van der Waals surface area (Å²) >= 11 is 0. The first-order chi connectivity index (χ1) is 11.7. The highest BCUT2D eigenvalue weighted by Gasteiger charge is 2.14. The molecule has 0 unspecified atom stereocenters. The van der Waals surface area contributed by atoms with Gasteiger partial charge < -0.3 is 14.5 Å². The normalized spacial score (nSPS) is 10.8. The minimum Gasteiger partial charge on any atom is -0.493 e. The molecule has 0 atom stereocenters. The molecule has 0 amide bonds. The Morgan fingerprint density at radius 3 is 2.67 bits per heavy atom. The zero-order valence-corrected chi connectivity index (χ0v) is 13.4. The number of methoxy groups -OCH3 is 2. The first-order valence-electron chi connectivity index (χ1n) is 7.28. The predicted octanol–water partition coefficient (Wildman–Crippen LogP) is 0.665. The lowest BCUT2D eigenvalue weighted by atomic mass is 10.2. The smallest absolute Gasteiger partial charge is 0.262 e. The lowest BCUT2D eigenvalue weighted by molar-refractivity contribution is 0.355. The highest BCUT2D eigenvalue weighted by Crippen LogP contribution is 2.30. The molecule has 2 aromatic heterocycles. The van der Waals surface area contributed by atoms with E-state index in [4.69, 9.17) is 15.3 Å². The van der Waals surface area contributed by atoms with Crippen molar-refractivity contribution in [3.63, 3.8) is 0 Å². The molecule has 0 spiro atoms. The summed E-state index contributed by atoms with van der Waals surface area (Å²) in [6, 6.07) is 3.27. The van der Waals surface area contributed by atoms with Gasteiger partial charge in [-0.25, -0.2) is 15.8 Å². The minimum atomic E-state index is -0.214. The van der Waals surface area contributed by atoms with Gasteiger partial charge >= 0.3 is 0 Å². The maximum atomic E-state index is 12.8. The third kappa shape index (κ3) is 2.76. The van der Waals surface area contributed by atoms with E-state index in [-0.39, 0.29) is 11.5 Å². The molecular weight excluding hydrogens is 312 g/mol.